The summed E-state index contributed by atoms with van der Waals surface area (Å²) in [7, 11) is 0. The molecule has 0 aromatic rings. The first kappa shape index (κ1) is 5.40. The molecule has 0 N–H and O–H groups in total. The second-order valence-electron chi connectivity index (χ2n) is 4.48. The van der Waals surface area contributed by atoms with E-state index in [4.69, 9.17) is 0 Å². The molecule has 0 bridgehead atoms. The lowest BCUT2D eigenvalue weighted by Gasteiger charge is -2.47. The van der Waals surface area contributed by atoms with Crippen LogP contribution < -0.4 is 0 Å². The molecule has 0 aliphatic heterocycles. The largest absolute Gasteiger partial charge is 0.0658 e. The first-order valence-corrected chi connectivity index (χ1v) is 4.52. The summed E-state index contributed by atoms with van der Waals surface area (Å²) in [4.78, 5) is 0. The Labute approximate surface area is 62.3 Å². The van der Waals surface area contributed by atoms with Gasteiger partial charge in [0.1, 0.15) is 0 Å². The van der Waals surface area contributed by atoms with Crippen molar-refractivity contribution in [1.82, 2.24) is 0 Å². The number of hydrogen-bond acceptors (Lipinski definition) is 0. The van der Waals surface area contributed by atoms with E-state index in [1.165, 1.54) is 12.8 Å². The molecular weight excluding hydrogens is 120 g/mol. The van der Waals surface area contributed by atoms with E-state index in [1.807, 2.05) is 11.1 Å². The fourth-order valence-electron chi connectivity index (χ4n) is 2.93. The maximum Gasteiger partial charge on any atom is -0.00966 e. The Morgan fingerprint density at radius 3 is 2.70 bits per heavy atom. The van der Waals surface area contributed by atoms with Crippen molar-refractivity contribution < 1.29 is 0 Å². The predicted octanol–water partition coefficient (Wildman–Crippen LogP) is 2.61. The predicted molar refractivity (Wildman–Crippen MR) is 41.6 cm³/mol. The summed E-state index contributed by atoms with van der Waals surface area (Å²) in [5, 5.41) is 0. The highest BCUT2D eigenvalue weighted by atomic mass is 14.6. The van der Waals surface area contributed by atoms with Crippen LogP contribution in [0.3, 0.4) is 0 Å². The van der Waals surface area contributed by atoms with Gasteiger partial charge in [-0.15, -0.1) is 0 Å². The van der Waals surface area contributed by atoms with Gasteiger partial charge in [0.05, 0.1) is 0 Å². The van der Waals surface area contributed by atoms with Crippen molar-refractivity contribution >= 4 is 0 Å². The van der Waals surface area contributed by atoms with Crippen LogP contribution >= 0.6 is 0 Å². The fraction of sp³-hybridized carbons (Fsp3) is 0.800. The molecule has 0 radical (unpaired) electrons. The number of fused-ring (bicyclic) bond motifs is 3. The van der Waals surface area contributed by atoms with E-state index in [2.05, 4.69) is 13.8 Å². The maximum absolute atomic E-state index is 2.37. The topological polar surface area (TPSA) is 0 Å². The molecule has 10 heavy (non-hydrogen) atoms. The van der Waals surface area contributed by atoms with Crippen LogP contribution in [-0.4, -0.2) is 0 Å². The van der Waals surface area contributed by atoms with Crippen LogP contribution in [0.15, 0.2) is 11.1 Å². The van der Waals surface area contributed by atoms with Gasteiger partial charge >= 0.3 is 0 Å². The van der Waals surface area contributed by atoms with Gasteiger partial charge in [-0.1, -0.05) is 25.0 Å². The minimum absolute atomic E-state index is 0.917. The van der Waals surface area contributed by atoms with Gasteiger partial charge in [0, 0.05) is 0 Å². The van der Waals surface area contributed by atoms with Crippen LogP contribution in [0.5, 0.6) is 0 Å². The molecule has 0 spiro atoms. The van der Waals surface area contributed by atoms with E-state index in [0.717, 1.165) is 23.7 Å². The zero-order chi connectivity index (χ0) is 6.88. The van der Waals surface area contributed by atoms with E-state index in [-0.39, 0.29) is 0 Å². The molecule has 3 atom stereocenters. The van der Waals surface area contributed by atoms with E-state index in [9.17, 15) is 0 Å². The van der Waals surface area contributed by atoms with Gasteiger partial charge in [-0.3, -0.25) is 0 Å². The van der Waals surface area contributed by atoms with E-state index >= 15 is 0 Å². The average molecular weight is 134 g/mol. The molecule has 3 rings (SSSR count). The molecule has 0 heterocycles. The summed E-state index contributed by atoms with van der Waals surface area (Å²) < 4.78 is 0. The minimum Gasteiger partial charge on any atom is -0.0658 e. The normalized spacial score (nSPS) is 47.7. The Hall–Kier alpha value is -0.260. The van der Waals surface area contributed by atoms with Gasteiger partial charge in [-0.25, -0.2) is 0 Å². The van der Waals surface area contributed by atoms with Gasteiger partial charge in [0.2, 0.25) is 0 Å². The third-order valence-electron chi connectivity index (χ3n) is 3.70. The monoisotopic (exact) mass is 134 g/mol. The highest BCUT2D eigenvalue weighted by Crippen LogP contribution is 2.70. The lowest BCUT2D eigenvalue weighted by molar-refractivity contribution is 0.205. The standard InChI is InChI=1S/C10H14/c1-5(2)6-3-8-7-4-9(7)10(6)8/h5-8H,3-4H2,1-2H3. The SMILES string of the molecule is CC(C)C1CC2C1=C1CC12. The van der Waals surface area contributed by atoms with E-state index in [0.29, 0.717) is 0 Å². The second kappa shape index (κ2) is 1.34. The third-order valence-corrected chi connectivity index (χ3v) is 3.70. The Kier molecular flexibility index (Phi) is 0.725. The van der Waals surface area contributed by atoms with Gasteiger partial charge < -0.3 is 0 Å². The summed E-state index contributed by atoms with van der Waals surface area (Å²) in [6.07, 6.45) is 3.02. The zero-order valence-electron chi connectivity index (χ0n) is 6.72. The first-order valence-electron chi connectivity index (χ1n) is 4.52. The summed E-state index contributed by atoms with van der Waals surface area (Å²) in [6.45, 7) is 4.73. The molecular formula is C10H14. The van der Waals surface area contributed by atoms with Gasteiger partial charge in [0.25, 0.3) is 0 Å². The van der Waals surface area contributed by atoms with Gasteiger partial charge in [0.15, 0.2) is 0 Å². The highest BCUT2D eigenvalue weighted by Gasteiger charge is 2.59. The lowest BCUT2D eigenvalue weighted by Crippen LogP contribution is -2.37. The van der Waals surface area contributed by atoms with Crippen LogP contribution in [0, 0.1) is 23.7 Å². The van der Waals surface area contributed by atoms with Crippen molar-refractivity contribution in [2.24, 2.45) is 23.7 Å². The molecule has 0 nitrogen and oxygen atoms in total. The van der Waals surface area contributed by atoms with Crippen LogP contribution in [0.25, 0.3) is 0 Å². The maximum atomic E-state index is 2.37. The molecule has 2 fully saturated rings. The number of allylic oxidation sites excluding steroid dienone is 2. The van der Waals surface area contributed by atoms with Crippen LogP contribution in [0.4, 0.5) is 0 Å². The van der Waals surface area contributed by atoms with Crippen LogP contribution in [0.1, 0.15) is 26.7 Å². The number of hydrogen-bond donors (Lipinski definition) is 0. The Morgan fingerprint density at radius 2 is 2.10 bits per heavy atom. The molecule has 2 saturated carbocycles. The number of rotatable bonds is 1. The molecule has 3 aliphatic carbocycles. The van der Waals surface area contributed by atoms with Gasteiger partial charge in [-0.2, -0.15) is 0 Å². The molecule has 3 unspecified atom stereocenters. The summed E-state index contributed by atoms with van der Waals surface area (Å²) >= 11 is 0. The van der Waals surface area contributed by atoms with Crippen molar-refractivity contribution in [1.29, 1.82) is 0 Å². The lowest BCUT2D eigenvalue weighted by atomic mass is 9.58. The Morgan fingerprint density at radius 1 is 1.30 bits per heavy atom. The first-order chi connectivity index (χ1) is 4.79. The van der Waals surface area contributed by atoms with Gasteiger partial charge in [-0.05, 0) is 36.5 Å². The molecule has 0 amide bonds. The van der Waals surface area contributed by atoms with E-state index in [1.54, 1.807) is 0 Å². The Bertz CT molecular complexity index is 222. The van der Waals surface area contributed by atoms with Crippen molar-refractivity contribution in [2.75, 3.05) is 0 Å². The average Bonchev–Trinajstić information content (AvgIpc) is 2.41. The summed E-state index contributed by atoms with van der Waals surface area (Å²) in [5.41, 5.74) is 3.77. The zero-order valence-corrected chi connectivity index (χ0v) is 6.72. The van der Waals surface area contributed by atoms with Crippen molar-refractivity contribution in [3.05, 3.63) is 11.1 Å². The molecule has 0 aromatic heterocycles. The molecule has 54 valence electrons. The van der Waals surface area contributed by atoms with Crippen molar-refractivity contribution in [3.63, 3.8) is 0 Å². The van der Waals surface area contributed by atoms with E-state index < -0.39 is 0 Å². The summed E-state index contributed by atoms with van der Waals surface area (Å²) in [6, 6.07) is 0. The minimum atomic E-state index is 0.917. The molecule has 0 heteroatoms. The smallest absolute Gasteiger partial charge is 0.00966 e. The fourth-order valence-corrected chi connectivity index (χ4v) is 2.93. The quantitative estimate of drug-likeness (QED) is 0.483. The second-order valence-corrected chi connectivity index (χ2v) is 4.48. The summed E-state index contributed by atoms with van der Waals surface area (Å²) in [5.74, 6) is 4.14. The Balaban J connectivity index is 1.89. The molecule has 0 saturated heterocycles. The third kappa shape index (κ3) is 0.398. The molecule has 0 aromatic carbocycles. The highest BCUT2D eigenvalue weighted by molar-refractivity contribution is 5.51. The van der Waals surface area contributed by atoms with Crippen LogP contribution in [-0.2, 0) is 0 Å². The van der Waals surface area contributed by atoms with Crippen molar-refractivity contribution in [3.8, 4) is 0 Å². The molecule has 3 aliphatic rings. The van der Waals surface area contributed by atoms with Crippen molar-refractivity contribution in [2.45, 2.75) is 26.7 Å². The van der Waals surface area contributed by atoms with Crippen LogP contribution in [0.2, 0.25) is 0 Å².